The summed E-state index contributed by atoms with van der Waals surface area (Å²) in [5, 5.41) is 8.25. The Labute approximate surface area is 181 Å². The van der Waals surface area contributed by atoms with Gasteiger partial charge in [0.2, 0.25) is 11.8 Å². The van der Waals surface area contributed by atoms with Crippen LogP contribution in [0.3, 0.4) is 0 Å². The molecule has 0 bridgehead atoms. The Balaban J connectivity index is 1.73. The molecule has 7 nitrogen and oxygen atoms in total. The summed E-state index contributed by atoms with van der Waals surface area (Å²) in [6, 6.07) is 7.31. The Kier molecular flexibility index (Phi) is 7.92. The predicted octanol–water partition coefficient (Wildman–Crippen LogP) is 4.60. The maximum absolute atomic E-state index is 12.9. The summed E-state index contributed by atoms with van der Waals surface area (Å²) in [5.41, 5.74) is 1.59. The van der Waals surface area contributed by atoms with Gasteiger partial charge in [0.1, 0.15) is 0 Å². The summed E-state index contributed by atoms with van der Waals surface area (Å²) in [5.74, 6) is 0.859. The molecule has 1 saturated carbocycles. The number of hydrogen-bond donors (Lipinski definition) is 0. The zero-order valence-corrected chi connectivity index (χ0v) is 17.8. The van der Waals surface area contributed by atoms with E-state index < -0.39 is 6.67 Å². The molecule has 31 heavy (non-hydrogen) atoms. The van der Waals surface area contributed by atoms with Crippen LogP contribution in [0.5, 0.6) is 0 Å². The Morgan fingerprint density at radius 3 is 2.74 bits per heavy atom. The number of hydrogen-bond acceptors (Lipinski definition) is 6. The highest BCUT2D eigenvalue weighted by Gasteiger charge is 2.29. The molecule has 2 aromatic rings. The molecule has 0 radical (unpaired) electrons. The van der Waals surface area contributed by atoms with Crippen molar-refractivity contribution in [3.63, 3.8) is 0 Å². The second-order valence-electron chi connectivity index (χ2n) is 7.66. The van der Waals surface area contributed by atoms with Gasteiger partial charge in [0, 0.05) is 42.1 Å². The lowest BCUT2D eigenvalue weighted by Crippen LogP contribution is -2.33. The molecule has 1 aromatic heterocycles. The molecular formula is C23H28FN3O4. The molecule has 0 aliphatic heterocycles. The normalized spacial score (nSPS) is 13.1. The van der Waals surface area contributed by atoms with Gasteiger partial charge in [-0.1, -0.05) is 19.1 Å². The standard InChI is InChI=1S/C23H28FN3O4/c1-16(12-13-24)23(29)27(14-5-3-4-9-20(28)30-2)19-8-6-7-18(15-19)22-26-25-21(31-22)17-10-11-17/h6-8,15,17H,1,3-5,9-14H2,2H3. The average Bonchev–Trinajstić information content (AvgIpc) is 3.52. The molecule has 1 aromatic carbocycles. The number of esters is 1. The summed E-state index contributed by atoms with van der Waals surface area (Å²) in [6.45, 7) is 3.53. The first-order chi connectivity index (χ1) is 15.0. The Hall–Kier alpha value is -3.03. The fraction of sp³-hybridized carbons (Fsp3) is 0.478. The van der Waals surface area contributed by atoms with Gasteiger partial charge >= 0.3 is 5.97 Å². The second kappa shape index (κ2) is 10.8. The largest absolute Gasteiger partial charge is 0.469 e. The van der Waals surface area contributed by atoms with E-state index in [4.69, 9.17) is 4.42 Å². The van der Waals surface area contributed by atoms with Crippen molar-refractivity contribution in [2.75, 3.05) is 25.2 Å². The molecule has 1 fully saturated rings. The number of nitrogens with zero attached hydrogens (tertiary/aromatic N) is 3. The first-order valence-corrected chi connectivity index (χ1v) is 10.6. The molecule has 1 aliphatic carbocycles. The van der Waals surface area contributed by atoms with Crippen LogP contribution in [0.2, 0.25) is 0 Å². The monoisotopic (exact) mass is 429 g/mol. The van der Waals surface area contributed by atoms with E-state index in [1.54, 1.807) is 4.90 Å². The van der Waals surface area contributed by atoms with Crippen molar-refractivity contribution in [1.29, 1.82) is 0 Å². The number of benzene rings is 1. The molecule has 1 heterocycles. The van der Waals surface area contributed by atoms with Crippen LogP contribution in [0.15, 0.2) is 40.8 Å². The van der Waals surface area contributed by atoms with Gasteiger partial charge in [-0.05, 0) is 43.9 Å². The van der Waals surface area contributed by atoms with Crippen LogP contribution in [-0.4, -0.2) is 42.4 Å². The maximum atomic E-state index is 12.9. The minimum Gasteiger partial charge on any atom is -0.469 e. The fourth-order valence-electron chi connectivity index (χ4n) is 3.23. The van der Waals surface area contributed by atoms with E-state index in [0.29, 0.717) is 49.2 Å². The first-order valence-electron chi connectivity index (χ1n) is 10.6. The van der Waals surface area contributed by atoms with Gasteiger partial charge in [-0.25, -0.2) is 0 Å². The summed E-state index contributed by atoms with van der Waals surface area (Å²) < 4.78 is 23.2. The fourth-order valence-corrected chi connectivity index (χ4v) is 3.23. The quantitative estimate of drug-likeness (QED) is 0.279. The van der Waals surface area contributed by atoms with Crippen molar-refractivity contribution in [3.8, 4) is 11.5 Å². The van der Waals surface area contributed by atoms with E-state index in [2.05, 4.69) is 21.5 Å². The third-order valence-corrected chi connectivity index (χ3v) is 5.21. The van der Waals surface area contributed by atoms with E-state index in [0.717, 1.165) is 24.8 Å². The highest BCUT2D eigenvalue weighted by atomic mass is 19.1. The van der Waals surface area contributed by atoms with Crippen LogP contribution in [0, 0.1) is 0 Å². The highest BCUT2D eigenvalue weighted by Crippen LogP contribution is 2.40. The number of ether oxygens (including phenoxy) is 1. The van der Waals surface area contributed by atoms with Gasteiger partial charge in [-0.2, -0.15) is 0 Å². The molecule has 8 heteroatoms. The second-order valence-corrected chi connectivity index (χ2v) is 7.66. The average molecular weight is 429 g/mol. The highest BCUT2D eigenvalue weighted by molar-refractivity contribution is 6.05. The summed E-state index contributed by atoms with van der Waals surface area (Å²) in [6.07, 6.45) is 4.57. The zero-order chi connectivity index (χ0) is 22.2. The van der Waals surface area contributed by atoms with Crippen molar-refractivity contribution < 1.29 is 23.1 Å². The van der Waals surface area contributed by atoms with Crippen molar-refractivity contribution in [2.24, 2.45) is 0 Å². The number of alkyl halides is 1. The molecule has 0 N–H and O–H groups in total. The Morgan fingerprint density at radius 2 is 2.03 bits per heavy atom. The van der Waals surface area contributed by atoms with Gasteiger partial charge in [0.15, 0.2) is 0 Å². The van der Waals surface area contributed by atoms with Crippen molar-refractivity contribution in [3.05, 3.63) is 42.3 Å². The van der Waals surface area contributed by atoms with Crippen LogP contribution < -0.4 is 4.90 Å². The molecule has 3 rings (SSSR count). The van der Waals surface area contributed by atoms with Gasteiger partial charge in [-0.15, -0.1) is 10.2 Å². The Bertz CT molecular complexity index is 923. The Morgan fingerprint density at radius 1 is 1.23 bits per heavy atom. The summed E-state index contributed by atoms with van der Waals surface area (Å²) in [7, 11) is 1.36. The minimum atomic E-state index is -0.635. The molecule has 1 aliphatic rings. The third kappa shape index (κ3) is 6.23. The van der Waals surface area contributed by atoms with E-state index in [9.17, 15) is 14.0 Å². The number of anilines is 1. The number of carbonyl (C=O) groups excluding carboxylic acids is 2. The lowest BCUT2D eigenvalue weighted by atomic mass is 10.1. The molecule has 0 spiro atoms. The van der Waals surface area contributed by atoms with Crippen molar-refractivity contribution >= 4 is 17.6 Å². The number of aromatic nitrogens is 2. The van der Waals surface area contributed by atoms with E-state index in [-0.39, 0.29) is 23.9 Å². The van der Waals surface area contributed by atoms with Gasteiger partial charge in [0.05, 0.1) is 13.8 Å². The van der Waals surface area contributed by atoms with E-state index >= 15 is 0 Å². The van der Waals surface area contributed by atoms with Crippen LogP contribution in [0.1, 0.15) is 56.8 Å². The van der Waals surface area contributed by atoms with Crippen molar-refractivity contribution in [2.45, 2.75) is 50.9 Å². The molecule has 0 unspecified atom stereocenters. The van der Waals surface area contributed by atoms with Crippen LogP contribution in [0.25, 0.3) is 11.5 Å². The summed E-state index contributed by atoms with van der Waals surface area (Å²) in [4.78, 5) is 25.8. The SMILES string of the molecule is C=C(CCF)C(=O)N(CCCCCC(=O)OC)c1cccc(-c2nnc(C3CC3)o2)c1. The lowest BCUT2D eigenvalue weighted by molar-refractivity contribution is -0.140. The number of rotatable bonds is 12. The summed E-state index contributed by atoms with van der Waals surface area (Å²) >= 11 is 0. The zero-order valence-electron chi connectivity index (χ0n) is 17.8. The minimum absolute atomic E-state index is 0.00816. The van der Waals surface area contributed by atoms with E-state index in [1.807, 2.05) is 24.3 Å². The number of halogens is 1. The van der Waals surface area contributed by atoms with Gasteiger partial charge in [0.25, 0.3) is 5.91 Å². The molecule has 0 atom stereocenters. The van der Waals surface area contributed by atoms with Crippen molar-refractivity contribution in [1.82, 2.24) is 10.2 Å². The smallest absolute Gasteiger partial charge is 0.305 e. The van der Waals surface area contributed by atoms with Crippen LogP contribution in [0.4, 0.5) is 10.1 Å². The lowest BCUT2D eigenvalue weighted by Gasteiger charge is -2.24. The molecule has 0 saturated heterocycles. The number of unbranched alkanes of at least 4 members (excludes halogenated alkanes) is 2. The number of carbonyl (C=O) groups is 2. The number of amides is 1. The van der Waals surface area contributed by atoms with Crippen LogP contribution in [-0.2, 0) is 14.3 Å². The molecular weight excluding hydrogens is 401 g/mol. The van der Waals surface area contributed by atoms with E-state index in [1.165, 1.54) is 7.11 Å². The van der Waals surface area contributed by atoms with Crippen LogP contribution >= 0.6 is 0 Å². The topological polar surface area (TPSA) is 85.5 Å². The first kappa shape index (κ1) is 22.7. The maximum Gasteiger partial charge on any atom is 0.305 e. The van der Waals surface area contributed by atoms with Gasteiger partial charge in [-0.3, -0.25) is 14.0 Å². The predicted molar refractivity (Wildman–Crippen MR) is 114 cm³/mol. The molecule has 1 amide bonds. The number of methoxy groups -OCH3 is 1. The third-order valence-electron chi connectivity index (χ3n) is 5.21. The molecule has 166 valence electrons. The van der Waals surface area contributed by atoms with Gasteiger partial charge < -0.3 is 14.1 Å².